The highest BCUT2D eigenvalue weighted by molar-refractivity contribution is 7.14. The molecule has 0 aliphatic carbocycles. The van der Waals surface area contributed by atoms with Gasteiger partial charge in [0.1, 0.15) is 11.5 Å². The van der Waals surface area contributed by atoms with Crippen LogP contribution >= 0.6 is 11.3 Å². The summed E-state index contributed by atoms with van der Waals surface area (Å²) in [4.78, 5) is 16.0. The molecule has 2 aromatic heterocycles. The number of nitrogens with zero attached hydrogens (tertiary/aromatic N) is 1. The lowest BCUT2D eigenvalue weighted by Gasteiger charge is -2.05. The first-order valence-corrected chi connectivity index (χ1v) is 7.41. The van der Waals surface area contributed by atoms with Crippen LogP contribution in [0.2, 0.25) is 0 Å². The Morgan fingerprint density at radius 3 is 2.58 bits per heavy atom. The molecule has 24 heavy (non-hydrogen) atoms. The SMILES string of the molecule is Cc1ccc(-c2csc(NC(=O)c3cc(F)c(F)c(F)c3F)n2)o1. The minimum absolute atomic E-state index is 0.0635. The average Bonchev–Trinajstić information content (AvgIpc) is 3.17. The zero-order valence-corrected chi connectivity index (χ0v) is 12.8. The fourth-order valence-electron chi connectivity index (χ4n) is 1.92. The number of amides is 1. The van der Waals surface area contributed by atoms with Crippen LogP contribution in [0, 0.1) is 30.2 Å². The number of carbonyl (C=O) groups is 1. The molecular formula is C15H8F4N2O2S. The maximum Gasteiger partial charge on any atom is 0.260 e. The molecule has 0 saturated carbocycles. The Morgan fingerprint density at radius 2 is 1.92 bits per heavy atom. The van der Waals surface area contributed by atoms with E-state index in [0.29, 0.717) is 17.2 Å². The number of rotatable bonds is 3. The van der Waals surface area contributed by atoms with Crippen LogP contribution in [0.4, 0.5) is 22.7 Å². The summed E-state index contributed by atoms with van der Waals surface area (Å²) in [6.07, 6.45) is 0. The Bertz CT molecular complexity index is 936. The summed E-state index contributed by atoms with van der Waals surface area (Å²) in [7, 11) is 0. The first-order chi connectivity index (χ1) is 11.4. The number of furan rings is 1. The smallest absolute Gasteiger partial charge is 0.260 e. The predicted octanol–water partition coefficient (Wildman–Crippen LogP) is 4.52. The predicted molar refractivity (Wildman–Crippen MR) is 78.8 cm³/mol. The molecule has 3 rings (SSSR count). The molecule has 0 spiro atoms. The molecule has 0 bridgehead atoms. The van der Waals surface area contributed by atoms with E-state index in [4.69, 9.17) is 4.42 Å². The standard InChI is InChI=1S/C15H8F4N2O2S/c1-6-2-3-10(23-6)9-5-24-15(20-9)21-14(22)7-4-8(16)12(18)13(19)11(7)17/h2-5H,1H3,(H,20,21,22). The third-order valence-corrected chi connectivity index (χ3v) is 3.82. The minimum atomic E-state index is -2.05. The quantitative estimate of drug-likeness (QED) is 0.426. The van der Waals surface area contributed by atoms with Crippen molar-refractivity contribution in [3.05, 3.63) is 58.2 Å². The van der Waals surface area contributed by atoms with Gasteiger partial charge in [0, 0.05) is 5.38 Å². The van der Waals surface area contributed by atoms with Gasteiger partial charge in [0.15, 0.2) is 34.2 Å². The number of thiazole rings is 1. The summed E-state index contributed by atoms with van der Waals surface area (Å²) in [6, 6.07) is 3.69. The van der Waals surface area contributed by atoms with E-state index in [-0.39, 0.29) is 11.2 Å². The van der Waals surface area contributed by atoms with Crippen molar-refractivity contribution in [1.29, 1.82) is 0 Å². The second-order valence-corrected chi connectivity index (χ2v) is 5.61. The molecule has 0 saturated heterocycles. The van der Waals surface area contributed by atoms with E-state index < -0.39 is 34.7 Å². The number of hydrogen-bond acceptors (Lipinski definition) is 4. The van der Waals surface area contributed by atoms with Gasteiger partial charge in [-0.05, 0) is 25.1 Å². The van der Waals surface area contributed by atoms with Crippen LogP contribution in [-0.2, 0) is 0 Å². The third-order valence-electron chi connectivity index (χ3n) is 3.06. The summed E-state index contributed by atoms with van der Waals surface area (Å²) in [5.74, 6) is -7.48. The molecular weight excluding hydrogens is 348 g/mol. The third kappa shape index (κ3) is 2.90. The van der Waals surface area contributed by atoms with Gasteiger partial charge < -0.3 is 4.42 Å². The largest absolute Gasteiger partial charge is 0.460 e. The lowest BCUT2D eigenvalue weighted by molar-refractivity contribution is 0.102. The molecule has 3 aromatic rings. The molecule has 1 amide bonds. The monoisotopic (exact) mass is 356 g/mol. The van der Waals surface area contributed by atoms with Crippen LogP contribution < -0.4 is 5.32 Å². The first-order valence-electron chi connectivity index (χ1n) is 6.53. The van der Waals surface area contributed by atoms with Gasteiger partial charge in [0.05, 0.1) is 5.56 Å². The zero-order valence-electron chi connectivity index (χ0n) is 12.0. The Kier molecular flexibility index (Phi) is 4.10. The fraction of sp³-hybridized carbons (Fsp3) is 0.0667. The average molecular weight is 356 g/mol. The fourth-order valence-corrected chi connectivity index (χ4v) is 2.61. The van der Waals surface area contributed by atoms with Crippen LogP contribution in [0.25, 0.3) is 11.5 Å². The number of halogens is 4. The van der Waals surface area contributed by atoms with Crippen molar-refractivity contribution >= 4 is 22.4 Å². The van der Waals surface area contributed by atoms with E-state index in [0.717, 1.165) is 11.3 Å². The molecule has 4 nitrogen and oxygen atoms in total. The maximum absolute atomic E-state index is 13.6. The van der Waals surface area contributed by atoms with Crippen molar-refractivity contribution < 1.29 is 26.8 Å². The molecule has 0 aliphatic rings. The summed E-state index contributed by atoms with van der Waals surface area (Å²) >= 11 is 1.01. The summed E-state index contributed by atoms with van der Waals surface area (Å²) in [5.41, 5.74) is -0.530. The highest BCUT2D eigenvalue weighted by Crippen LogP contribution is 2.27. The Labute approximate surface area is 136 Å². The number of aromatic nitrogens is 1. The van der Waals surface area contributed by atoms with Gasteiger partial charge in [-0.15, -0.1) is 11.3 Å². The molecule has 0 aliphatic heterocycles. The normalized spacial score (nSPS) is 10.9. The van der Waals surface area contributed by atoms with E-state index in [9.17, 15) is 22.4 Å². The van der Waals surface area contributed by atoms with Crippen LogP contribution in [-0.4, -0.2) is 10.9 Å². The van der Waals surface area contributed by atoms with Crippen molar-refractivity contribution in [3.8, 4) is 11.5 Å². The van der Waals surface area contributed by atoms with Crippen molar-refractivity contribution in [3.63, 3.8) is 0 Å². The molecule has 124 valence electrons. The summed E-state index contributed by atoms with van der Waals surface area (Å²) in [6.45, 7) is 1.75. The second-order valence-electron chi connectivity index (χ2n) is 4.75. The number of benzene rings is 1. The van der Waals surface area contributed by atoms with Gasteiger partial charge in [-0.1, -0.05) is 0 Å². The van der Waals surface area contributed by atoms with E-state index >= 15 is 0 Å². The van der Waals surface area contributed by atoms with E-state index in [2.05, 4.69) is 10.3 Å². The highest BCUT2D eigenvalue weighted by atomic mass is 32.1. The molecule has 0 atom stereocenters. The number of hydrogen-bond donors (Lipinski definition) is 1. The van der Waals surface area contributed by atoms with E-state index in [1.165, 1.54) is 0 Å². The highest BCUT2D eigenvalue weighted by Gasteiger charge is 2.23. The van der Waals surface area contributed by atoms with Gasteiger partial charge in [-0.25, -0.2) is 22.5 Å². The number of aryl methyl sites for hydroxylation is 1. The van der Waals surface area contributed by atoms with E-state index in [1.54, 1.807) is 24.4 Å². The van der Waals surface area contributed by atoms with Crippen molar-refractivity contribution in [2.24, 2.45) is 0 Å². The first kappa shape index (κ1) is 16.2. The number of carbonyl (C=O) groups excluding carboxylic acids is 1. The second kappa shape index (κ2) is 6.08. The number of nitrogens with one attached hydrogen (secondary N) is 1. The Hall–Kier alpha value is -2.68. The minimum Gasteiger partial charge on any atom is -0.460 e. The van der Waals surface area contributed by atoms with Gasteiger partial charge in [-0.3, -0.25) is 10.1 Å². The topological polar surface area (TPSA) is 55.1 Å². The number of anilines is 1. The van der Waals surface area contributed by atoms with Gasteiger partial charge in [0.2, 0.25) is 0 Å². The molecule has 2 heterocycles. The molecule has 9 heteroatoms. The molecule has 0 radical (unpaired) electrons. The van der Waals surface area contributed by atoms with Crippen LogP contribution in [0.15, 0.2) is 28.0 Å². The molecule has 1 aromatic carbocycles. The van der Waals surface area contributed by atoms with Crippen molar-refractivity contribution in [2.45, 2.75) is 6.92 Å². The van der Waals surface area contributed by atoms with Gasteiger partial charge in [-0.2, -0.15) is 0 Å². The lowest BCUT2D eigenvalue weighted by Crippen LogP contribution is -2.16. The summed E-state index contributed by atoms with van der Waals surface area (Å²) < 4.78 is 58.2. The van der Waals surface area contributed by atoms with E-state index in [1.807, 2.05) is 0 Å². The van der Waals surface area contributed by atoms with Crippen LogP contribution in [0.1, 0.15) is 16.1 Å². The maximum atomic E-state index is 13.6. The summed E-state index contributed by atoms with van der Waals surface area (Å²) in [5, 5.41) is 3.84. The van der Waals surface area contributed by atoms with Crippen molar-refractivity contribution in [2.75, 3.05) is 5.32 Å². The molecule has 0 unspecified atom stereocenters. The van der Waals surface area contributed by atoms with Gasteiger partial charge >= 0.3 is 0 Å². The Morgan fingerprint density at radius 1 is 1.17 bits per heavy atom. The zero-order chi connectivity index (χ0) is 17.4. The molecule has 1 N–H and O–H groups in total. The molecule has 0 fully saturated rings. The van der Waals surface area contributed by atoms with Crippen molar-refractivity contribution in [1.82, 2.24) is 4.98 Å². The Balaban J connectivity index is 1.85. The van der Waals surface area contributed by atoms with Crippen LogP contribution in [0.5, 0.6) is 0 Å². The van der Waals surface area contributed by atoms with Gasteiger partial charge in [0.25, 0.3) is 5.91 Å². The van der Waals surface area contributed by atoms with Crippen LogP contribution in [0.3, 0.4) is 0 Å². The lowest BCUT2D eigenvalue weighted by atomic mass is 10.1.